The molecular formula is C18H26N4O3. The summed E-state index contributed by atoms with van der Waals surface area (Å²) >= 11 is 0. The minimum absolute atomic E-state index is 0.0537. The Labute approximate surface area is 147 Å². The summed E-state index contributed by atoms with van der Waals surface area (Å²) < 4.78 is 10.8. The van der Waals surface area contributed by atoms with Crippen molar-refractivity contribution in [3.63, 3.8) is 0 Å². The van der Waals surface area contributed by atoms with E-state index in [-0.39, 0.29) is 12.5 Å². The summed E-state index contributed by atoms with van der Waals surface area (Å²) in [6, 6.07) is 7.95. The van der Waals surface area contributed by atoms with E-state index in [0.717, 1.165) is 22.3 Å². The molecule has 0 radical (unpaired) electrons. The highest BCUT2D eigenvalue weighted by atomic mass is 16.5. The van der Waals surface area contributed by atoms with Crippen molar-refractivity contribution in [2.45, 2.75) is 20.4 Å². The molecule has 0 bridgehead atoms. The number of nitrogens with one attached hydrogen (secondary N) is 3. The number of nitrogens with zero attached hydrogens (tertiary/aromatic N) is 1. The second kappa shape index (κ2) is 9.68. The second-order valence-electron chi connectivity index (χ2n) is 5.54. The summed E-state index contributed by atoms with van der Waals surface area (Å²) in [5.41, 5.74) is 1.98. The Hall–Kier alpha value is -2.54. The van der Waals surface area contributed by atoms with Gasteiger partial charge in [0.05, 0.1) is 13.2 Å². The maximum absolute atomic E-state index is 11.7. The Bertz CT molecular complexity index is 724. The minimum atomic E-state index is -0.144. The molecule has 0 aliphatic carbocycles. The zero-order valence-electron chi connectivity index (χ0n) is 15.0. The largest absolute Gasteiger partial charge is 0.459 e. The van der Waals surface area contributed by atoms with Crippen molar-refractivity contribution in [1.82, 2.24) is 16.0 Å². The van der Waals surface area contributed by atoms with Gasteiger partial charge in [0.25, 0.3) is 0 Å². The molecular weight excluding hydrogens is 320 g/mol. The molecule has 136 valence electrons. The Morgan fingerprint density at radius 2 is 2.04 bits per heavy atom. The van der Waals surface area contributed by atoms with Crippen molar-refractivity contribution in [1.29, 1.82) is 0 Å². The summed E-state index contributed by atoms with van der Waals surface area (Å²) in [6.07, 6.45) is 0. The predicted octanol–water partition coefficient (Wildman–Crippen LogP) is 1.56. The van der Waals surface area contributed by atoms with E-state index in [1.54, 1.807) is 7.11 Å². The first-order valence-corrected chi connectivity index (χ1v) is 8.40. The van der Waals surface area contributed by atoms with Gasteiger partial charge in [0.2, 0.25) is 5.91 Å². The topological polar surface area (TPSA) is 87.9 Å². The molecule has 25 heavy (non-hydrogen) atoms. The van der Waals surface area contributed by atoms with Crippen LogP contribution in [0.1, 0.15) is 18.2 Å². The Balaban J connectivity index is 1.94. The summed E-state index contributed by atoms with van der Waals surface area (Å²) in [4.78, 5) is 16.0. The molecule has 1 aromatic heterocycles. The number of hydrogen-bond donors (Lipinski definition) is 3. The van der Waals surface area contributed by atoms with Gasteiger partial charge < -0.3 is 25.1 Å². The van der Waals surface area contributed by atoms with E-state index in [2.05, 4.69) is 20.9 Å². The van der Waals surface area contributed by atoms with Crippen molar-refractivity contribution in [3.8, 4) is 0 Å². The lowest BCUT2D eigenvalue weighted by Gasteiger charge is -2.10. The van der Waals surface area contributed by atoms with Crippen LogP contribution in [0.15, 0.2) is 33.7 Å². The smallest absolute Gasteiger partial charge is 0.241 e. The predicted molar refractivity (Wildman–Crippen MR) is 98.7 cm³/mol. The summed E-state index contributed by atoms with van der Waals surface area (Å²) in [5.74, 6) is 1.29. The molecule has 1 heterocycles. The number of para-hydroxylation sites is 1. The van der Waals surface area contributed by atoms with E-state index in [1.165, 1.54) is 0 Å². The summed E-state index contributed by atoms with van der Waals surface area (Å²) in [7, 11) is 1.59. The molecule has 7 heteroatoms. The van der Waals surface area contributed by atoms with E-state index in [0.29, 0.717) is 32.2 Å². The average molecular weight is 346 g/mol. The number of ether oxygens (including phenoxy) is 1. The molecule has 7 nitrogen and oxygen atoms in total. The lowest BCUT2D eigenvalue weighted by molar-refractivity contribution is -0.119. The third kappa shape index (κ3) is 5.49. The quantitative estimate of drug-likeness (QED) is 0.384. The SMILES string of the molecule is CCNC(=NCC(=O)NCCOC)NCc1oc2ccccc2c1C. The number of carbonyl (C=O) groups excluding carboxylic acids is 1. The molecule has 3 N–H and O–H groups in total. The van der Waals surface area contributed by atoms with Crippen molar-refractivity contribution in [2.24, 2.45) is 4.99 Å². The van der Waals surface area contributed by atoms with E-state index in [4.69, 9.17) is 9.15 Å². The van der Waals surface area contributed by atoms with Crippen LogP contribution in [0.5, 0.6) is 0 Å². The van der Waals surface area contributed by atoms with Crippen LogP contribution in [0.25, 0.3) is 11.0 Å². The number of hydrogen-bond acceptors (Lipinski definition) is 4. The lowest BCUT2D eigenvalue weighted by atomic mass is 10.1. The zero-order valence-corrected chi connectivity index (χ0v) is 15.0. The Kier molecular flexibility index (Phi) is 7.28. The molecule has 0 spiro atoms. The molecule has 2 rings (SSSR count). The summed E-state index contributed by atoms with van der Waals surface area (Å²) in [6.45, 7) is 6.23. The number of furan rings is 1. The first kappa shape index (κ1) is 18.8. The molecule has 0 fully saturated rings. The fourth-order valence-corrected chi connectivity index (χ4v) is 2.40. The maximum Gasteiger partial charge on any atom is 0.241 e. The van der Waals surface area contributed by atoms with Gasteiger partial charge >= 0.3 is 0 Å². The molecule has 0 unspecified atom stereocenters. The van der Waals surface area contributed by atoms with Gasteiger partial charge in [0, 0.05) is 31.1 Å². The number of carbonyl (C=O) groups is 1. The number of benzene rings is 1. The van der Waals surface area contributed by atoms with Crippen LogP contribution in [-0.4, -0.2) is 45.2 Å². The first-order chi connectivity index (χ1) is 12.2. The van der Waals surface area contributed by atoms with Gasteiger partial charge in [-0.1, -0.05) is 18.2 Å². The van der Waals surface area contributed by atoms with Gasteiger partial charge in [-0.2, -0.15) is 0 Å². The van der Waals surface area contributed by atoms with E-state index in [1.807, 2.05) is 38.1 Å². The maximum atomic E-state index is 11.7. The highest BCUT2D eigenvalue weighted by Gasteiger charge is 2.10. The van der Waals surface area contributed by atoms with Crippen molar-refractivity contribution >= 4 is 22.8 Å². The molecule has 0 saturated heterocycles. The van der Waals surface area contributed by atoms with Crippen molar-refractivity contribution in [3.05, 3.63) is 35.6 Å². The second-order valence-corrected chi connectivity index (χ2v) is 5.54. The van der Waals surface area contributed by atoms with E-state index >= 15 is 0 Å². The first-order valence-electron chi connectivity index (χ1n) is 8.40. The molecule has 1 amide bonds. The third-order valence-corrected chi connectivity index (χ3v) is 3.71. The lowest BCUT2D eigenvalue weighted by Crippen LogP contribution is -2.38. The highest BCUT2D eigenvalue weighted by molar-refractivity contribution is 5.85. The Morgan fingerprint density at radius 3 is 2.76 bits per heavy atom. The van der Waals surface area contributed by atoms with Crippen LogP contribution in [0, 0.1) is 6.92 Å². The van der Waals surface area contributed by atoms with Crippen LogP contribution in [0.2, 0.25) is 0 Å². The van der Waals surface area contributed by atoms with E-state index in [9.17, 15) is 4.79 Å². The van der Waals surface area contributed by atoms with Gasteiger partial charge in [-0.05, 0) is 19.9 Å². The fourth-order valence-electron chi connectivity index (χ4n) is 2.40. The van der Waals surface area contributed by atoms with Gasteiger partial charge in [-0.3, -0.25) is 4.79 Å². The molecule has 2 aromatic rings. The monoisotopic (exact) mass is 346 g/mol. The number of aryl methyl sites for hydroxylation is 1. The molecule has 1 aromatic carbocycles. The number of fused-ring (bicyclic) bond motifs is 1. The van der Waals surface area contributed by atoms with Crippen LogP contribution >= 0.6 is 0 Å². The standard InChI is InChI=1S/C18H26N4O3/c1-4-19-18(22-12-17(23)20-9-10-24-3)21-11-16-13(2)14-7-5-6-8-15(14)25-16/h5-8H,4,9-12H2,1-3H3,(H,20,23)(H2,19,21,22). The number of amides is 1. The van der Waals surface area contributed by atoms with Gasteiger partial charge in [-0.15, -0.1) is 0 Å². The van der Waals surface area contributed by atoms with E-state index < -0.39 is 0 Å². The number of methoxy groups -OCH3 is 1. The zero-order chi connectivity index (χ0) is 18.1. The van der Waals surface area contributed by atoms with Gasteiger partial charge in [0.1, 0.15) is 17.9 Å². The average Bonchev–Trinajstić information content (AvgIpc) is 2.94. The molecule has 0 atom stereocenters. The normalized spacial score (nSPS) is 11.6. The Morgan fingerprint density at radius 1 is 1.24 bits per heavy atom. The van der Waals surface area contributed by atoms with Crippen LogP contribution in [0.3, 0.4) is 0 Å². The van der Waals surface area contributed by atoms with Crippen molar-refractivity contribution in [2.75, 3.05) is 33.4 Å². The number of guanidine groups is 1. The van der Waals surface area contributed by atoms with Crippen LogP contribution < -0.4 is 16.0 Å². The third-order valence-electron chi connectivity index (χ3n) is 3.71. The molecule has 0 aliphatic rings. The van der Waals surface area contributed by atoms with Crippen LogP contribution in [0.4, 0.5) is 0 Å². The molecule has 0 saturated carbocycles. The van der Waals surface area contributed by atoms with Gasteiger partial charge in [0.15, 0.2) is 5.96 Å². The number of rotatable bonds is 8. The number of aliphatic imine (C=N–C) groups is 1. The van der Waals surface area contributed by atoms with Crippen molar-refractivity contribution < 1.29 is 13.9 Å². The fraction of sp³-hybridized carbons (Fsp3) is 0.444. The van der Waals surface area contributed by atoms with Gasteiger partial charge in [-0.25, -0.2) is 4.99 Å². The highest BCUT2D eigenvalue weighted by Crippen LogP contribution is 2.24. The minimum Gasteiger partial charge on any atom is -0.459 e. The van der Waals surface area contributed by atoms with Crippen LogP contribution in [-0.2, 0) is 16.1 Å². The summed E-state index contributed by atoms with van der Waals surface area (Å²) in [5, 5.41) is 10.2. The molecule has 0 aliphatic heterocycles.